The summed E-state index contributed by atoms with van der Waals surface area (Å²) in [4.78, 5) is 0. The van der Waals surface area contributed by atoms with Gasteiger partial charge in [0.05, 0.1) is 0 Å². The van der Waals surface area contributed by atoms with E-state index in [1.807, 2.05) is 0 Å². The van der Waals surface area contributed by atoms with E-state index in [2.05, 4.69) is 121 Å². The molecule has 0 aliphatic rings. The van der Waals surface area contributed by atoms with Crippen molar-refractivity contribution in [2.45, 2.75) is 19.6 Å². The fraction of sp³-hybridized carbons (Fsp3) is 0.143. The van der Waals surface area contributed by atoms with E-state index < -0.39 is 14.4 Å². The Morgan fingerprint density at radius 1 is 0.500 bits per heavy atom. The van der Waals surface area contributed by atoms with Crippen molar-refractivity contribution >= 4 is 40.7 Å². The van der Waals surface area contributed by atoms with E-state index in [0.29, 0.717) is 0 Å². The maximum atomic E-state index is 2.47. The van der Waals surface area contributed by atoms with Crippen molar-refractivity contribution in [2.24, 2.45) is 0 Å². The summed E-state index contributed by atoms with van der Waals surface area (Å²) in [7, 11) is -1.16. The molecule has 0 atom stereocenters. The van der Waals surface area contributed by atoms with Crippen LogP contribution in [0.25, 0.3) is 0 Å². The molecule has 0 aromatic heterocycles. The molecule has 3 heteroatoms. The lowest BCUT2D eigenvalue weighted by Gasteiger charge is -2.37. The van der Waals surface area contributed by atoms with E-state index in [0.717, 1.165) is 0 Å². The molecular weight excluding hydrogens is 340 g/mol. The maximum Gasteiger partial charge on any atom is 0.204 e. The molecule has 0 radical (unpaired) electrons. The van der Waals surface area contributed by atoms with E-state index in [9.17, 15) is 0 Å². The average Bonchev–Trinajstić information content (AvgIpc) is 2.61. The molecule has 0 aliphatic heterocycles. The van der Waals surface area contributed by atoms with Crippen LogP contribution in [0.1, 0.15) is 0 Å². The highest BCUT2D eigenvalue weighted by molar-refractivity contribution is 8.52. The average molecular weight is 365 g/mol. The standard InChI is InChI=1S/C21H24SSi2/c1-23(2,3)22-24(19-13-7-4-8-14-19,20-15-9-5-10-16-20)21-17-11-6-12-18-21/h4-18H,1-3H3. The second-order valence-electron chi connectivity index (χ2n) is 6.99. The zero-order valence-electron chi connectivity index (χ0n) is 14.6. The van der Waals surface area contributed by atoms with Gasteiger partial charge in [-0.1, -0.05) is 111 Å². The van der Waals surface area contributed by atoms with Crippen molar-refractivity contribution in [2.75, 3.05) is 0 Å². The third-order valence-electron chi connectivity index (χ3n) is 4.00. The molecular formula is C21H24SSi2. The van der Waals surface area contributed by atoms with Crippen molar-refractivity contribution in [1.82, 2.24) is 0 Å². The molecule has 3 aromatic rings. The zero-order valence-corrected chi connectivity index (χ0v) is 17.4. The monoisotopic (exact) mass is 364 g/mol. The van der Waals surface area contributed by atoms with Gasteiger partial charge in [-0.25, -0.2) is 0 Å². The predicted octanol–water partition coefficient (Wildman–Crippen LogP) is 4.22. The van der Waals surface area contributed by atoms with Crippen LogP contribution in [0.15, 0.2) is 91.0 Å². The fourth-order valence-electron chi connectivity index (χ4n) is 3.15. The van der Waals surface area contributed by atoms with Gasteiger partial charge in [-0.2, -0.15) is 10.7 Å². The van der Waals surface area contributed by atoms with Crippen LogP contribution in [0.2, 0.25) is 19.6 Å². The Morgan fingerprint density at radius 3 is 1.04 bits per heavy atom. The number of benzene rings is 3. The Morgan fingerprint density at radius 2 is 0.792 bits per heavy atom. The van der Waals surface area contributed by atoms with Crippen molar-refractivity contribution in [3.63, 3.8) is 0 Å². The predicted molar refractivity (Wildman–Crippen MR) is 115 cm³/mol. The van der Waals surface area contributed by atoms with E-state index >= 15 is 0 Å². The van der Waals surface area contributed by atoms with E-state index in [1.165, 1.54) is 15.6 Å². The van der Waals surface area contributed by atoms with Crippen LogP contribution in [0.5, 0.6) is 0 Å². The number of rotatable bonds is 5. The van der Waals surface area contributed by atoms with E-state index in [4.69, 9.17) is 0 Å². The van der Waals surface area contributed by atoms with Gasteiger partial charge in [0.1, 0.15) is 7.22 Å². The van der Waals surface area contributed by atoms with Gasteiger partial charge in [0.15, 0.2) is 0 Å². The van der Waals surface area contributed by atoms with Crippen molar-refractivity contribution < 1.29 is 0 Å². The molecule has 122 valence electrons. The Kier molecular flexibility index (Phi) is 5.13. The number of hydrogen-bond donors (Lipinski definition) is 0. The summed E-state index contributed by atoms with van der Waals surface area (Å²) < 4.78 is 0. The molecule has 0 unspecified atom stereocenters. The molecule has 0 amide bonds. The van der Waals surface area contributed by atoms with E-state index in [-0.39, 0.29) is 0 Å². The van der Waals surface area contributed by atoms with Crippen molar-refractivity contribution in [3.05, 3.63) is 91.0 Å². The van der Waals surface area contributed by atoms with Crippen LogP contribution in [0.3, 0.4) is 0 Å². The minimum atomic E-state index is -2.08. The van der Waals surface area contributed by atoms with Gasteiger partial charge < -0.3 is 0 Å². The fourth-order valence-corrected chi connectivity index (χ4v) is 23.9. The minimum absolute atomic E-state index is 1.36. The SMILES string of the molecule is C[Si](C)(C)S[Si](c1ccccc1)(c1ccccc1)c1ccccc1. The van der Waals surface area contributed by atoms with Crippen molar-refractivity contribution in [1.29, 1.82) is 0 Å². The normalized spacial score (nSPS) is 12.1. The first-order chi connectivity index (χ1) is 11.5. The van der Waals surface area contributed by atoms with Gasteiger partial charge >= 0.3 is 0 Å². The molecule has 24 heavy (non-hydrogen) atoms. The molecule has 0 fully saturated rings. The second kappa shape index (κ2) is 7.13. The largest absolute Gasteiger partial charge is 0.204 e. The highest BCUT2D eigenvalue weighted by Crippen LogP contribution is 2.30. The van der Waals surface area contributed by atoms with Gasteiger partial charge in [0.2, 0.25) is 7.22 Å². The van der Waals surface area contributed by atoms with Crippen LogP contribution in [0, 0.1) is 0 Å². The third kappa shape index (κ3) is 3.58. The molecule has 0 nitrogen and oxygen atoms in total. The molecule has 0 N–H and O–H groups in total. The Balaban J connectivity index is 2.33. The molecule has 0 aliphatic carbocycles. The summed E-state index contributed by atoms with van der Waals surface area (Å²) in [6, 6.07) is 33.5. The summed E-state index contributed by atoms with van der Waals surface area (Å²) in [6.45, 7) is 7.40. The first kappa shape index (κ1) is 17.3. The van der Waals surface area contributed by atoms with E-state index in [1.54, 1.807) is 0 Å². The highest BCUT2D eigenvalue weighted by atomic mass is 32.5. The molecule has 0 saturated heterocycles. The molecule has 0 heterocycles. The van der Waals surface area contributed by atoms with Crippen LogP contribution in [0.4, 0.5) is 0 Å². The first-order valence-corrected chi connectivity index (χ1v) is 16.2. The summed E-state index contributed by atoms with van der Waals surface area (Å²) in [5, 5.41) is 4.49. The number of hydrogen-bond acceptors (Lipinski definition) is 1. The first-order valence-electron chi connectivity index (χ1n) is 8.39. The van der Waals surface area contributed by atoms with Crippen LogP contribution < -0.4 is 15.6 Å². The zero-order chi connectivity index (χ0) is 17.0. The quantitative estimate of drug-likeness (QED) is 0.482. The topological polar surface area (TPSA) is 0 Å². The summed E-state index contributed by atoms with van der Waals surface area (Å²) in [6.07, 6.45) is 0. The highest BCUT2D eigenvalue weighted by Gasteiger charge is 2.43. The van der Waals surface area contributed by atoms with Gasteiger partial charge in [0.25, 0.3) is 0 Å². The molecule has 0 saturated carbocycles. The molecule has 3 rings (SSSR count). The summed E-state index contributed by atoms with van der Waals surface area (Å²) >= 11 is 0. The Labute approximate surface area is 151 Å². The smallest absolute Gasteiger partial charge is 0.192 e. The van der Waals surface area contributed by atoms with Gasteiger partial charge in [0, 0.05) is 0 Å². The molecule has 0 spiro atoms. The van der Waals surface area contributed by atoms with Gasteiger partial charge in [-0.05, 0) is 15.6 Å². The third-order valence-corrected chi connectivity index (χ3v) is 21.5. The lowest BCUT2D eigenvalue weighted by molar-refractivity contribution is 1.70. The Bertz CT molecular complexity index is 669. The lowest BCUT2D eigenvalue weighted by Crippen LogP contribution is -2.66. The summed E-state index contributed by atoms with van der Waals surface area (Å²) in [5.74, 6) is 0. The van der Waals surface area contributed by atoms with Crippen LogP contribution in [-0.4, -0.2) is 14.4 Å². The Hall–Kier alpha value is -1.56. The maximum absolute atomic E-state index is 2.47. The van der Waals surface area contributed by atoms with Crippen LogP contribution >= 0.6 is 10.7 Å². The summed E-state index contributed by atoms with van der Waals surface area (Å²) in [5.41, 5.74) is 0. The minimum Gasteiger partial charge on any atom is -0.192 e. The van der Waals surface area contributed by atoms with Gasteiger partial charge in [-0.15, -0.1) is 0 Å². The second-order valence-corrected chi connectivity index (χ2v) is 22.5. The lowest BCUT2D eigenvalue weighted by atomic mass is 10.3. The molecule has 3 aromatic carbocycles. The van der Waals surface area contributed by atoms with Crippen LogP contribution in [-0.2, 0) is 0 Å². The molecule has 0 bridgehead atoms. The van der Waals surface area contributed by atoms with Crippen molar-refractivity contribution in [3.8, 4) is 0 Å². The van der Waals surface area contributed by atoms with Gasteiger partial charge in [-0.3, -0.25) is 0 Å².